The first-order valence-corrected chi connectivity index (χ1v) is 6.98. The summed E-state index contributed by atoms with van der Waals surface area (Å²) in [5, 5.41) is 3.96. The Morgan fingerprint density at radius 2 is 2.25 bits per heavy atom. The average molecular weight is 241 g/mol. The predicted molar refractivity (Wildman–Crippen MR) is 65.0 cm³/mol. The highest BCUT2D eigenvalue weighted by Crippen LogP contribution is 2.38. The van der Waals surface area contributed by atoms with Gasteiger partial charge in [-0.1, -0.05) is 19.0 Å². The van der Waals surface area contributed by atoms with Crippen LogP contribution in [0, 0.1) is 11.8 Å². The normalized spacial score (nSPS) is 18.0. The number of nitrogens with zero attached hydrogens (tertiary/aromatic N) is 2. The molecule has 0 aliphatic heterocycles. The van der Waals surface area contributed by atoms with Crippen molar-refractivity contribution < 1.29 is 4.52 Å². The van der Waals surface area contributed by atoms with Gasteiger partial charge in [0.1, 0.15) is 0 Å². The summed E-state index contributed by atoms with van der Waals surface area (Å²) in [5.74, 6) is 4.60. The molecule has 1 aromatic rings. The van der Waals surface area contributed by atoms with Crippen molar-refractivity contribution >= 4 is 11.8 Å². The van der Waals surface area contributed by atoms with Gasteiger partial charge in [0.2, 0.25) is 5.89 Å². The Labute approximate surface area is 100 Å². The summed E-state index contributed by atoms with van der Waals surface area (Å²) in [7, 11) is 0. The lowest BCUT2D eigenvalue weighted by Gasteiger charge is -2.02. The molecule has 0 aromatic carbocycles. The second-order valence-corrected chi connectivity index (χ2v) is 5.85. The Kier molecular flexibility index (Phi) is 3.86. The predicted octanol–water partition coefficient (Wildman–Crippen LogP) is 2.37. The zero-order chi connectivity index (χ0) is 11.5. The summed E-state index contributed by atoms with van der Waals surface area (Å²) >= 11 is 1.84. The van der Waals surface area contributed by atoms with E-state index in [1.165, 1.54) is 12.8 Å². The molecule has 2 N–H and O–H groups in total. The molecule has 4 nitrogen and oxygen atoms in total. The highest BCUT2D eigenvalue weighted by molar-refractivity contribution is 7.98. The van der Waals surface area contributed by atoms with E-state index in [0.717, 1.165) is 17.3 Å². The first-order valence-electron chi connectivity index (χ1n) is 5.82. The molecule has 5 heteroatoms. The van der Waals surface area contributed by atoms with Crippen molar-refractivity contribution in [2.75, 3.05) is 5.75 Å². The van der Waals surface area contributed by atoms with Gasteiger partial charge in [0.05, 0.1) is 11.8 Å². The van der Waals surface area contributed by atoms with Gasteiger partial charge in [0.25, 0.3) is 0 Å². The Balaban J connectivity index is 1.82. The van der Waals surface area contributed by atoms with Gasteiger partial charge >= 0.3 is 0 Å². The zero-order valence-electron chi connectivity index (χ0n) is 9.85. The van der Waals surface area contributed by atoms with Crippen LogP contribution in [0.25, 0.3) is 0 Å². The van der Waals surface area contributed by atoms with E-state index in [1.54, 1.807) is 0 Å². The summed E-state index contributed by atoms with van der Waals surface area (Å²) in [5.41, 5.74) is 5.99. The highest BCUT2D eigenvalue weighted by Gasteiger charge is 2.33. The third kappa shape index (κ3) is 3.22. The van der Waals surface area contributed by atoms with E-state index in [0.29, 0.717) is 17.7 Å². The van der Waals surface area contributed by atoms with E-state index in [-0.39, 0.29) is 6.04 Å². The van der Waals surface area contributed by atoms with Crippen molar-refractivity contribution in [1.29, 1.82) is 0 Å². The fourth-order valence-electron chi connectivity index (χ4n) is 1.50. The van der Waals surface area contributed by atoms with E-state index in [9.17, 15) is 0 Å². The van der Waals surface area contributed by atoms with E-state index in [1.807, 2.05) is 11.8 Å². The molecule has 0 amide bonds. The Morgan fingerprint density at radius 1 is 1.50 bits per heavy atom. The Hall–Kier alpha value is -0.550. The van der Waals surface area contributed by atoms with Gasteiger partial charge in [-0.25, -0.2) is 0 Å². The molecule has 1 aliphatic rings. The van der Waals surface area contributed by atoms with Gasteiger partial charge in [0, 0.05) is 0 Å². The van der Waals surface area contributed by atoms with Gasteiger partial charge in [-0.05, 0) is 30.4 Å². The van der Waals surface area contributed by atoms with E-state index >= 15 is 0 Å². The van der Waals surface area contributed by atoms with Crippen molar-refractivity contribution in [2.45, 2.75) is 38.5 Å². The van der Waals surface area contributed by atoms with Gasteiger partial charge in [-0.3, -0.25) is 0 Å². The molecule has 0 saturated heterocycles. The number of thioether (sulfide) groups is 1. The van der Waals surface area contributed by atoms with Gasteiger partial charge in [-0.15, -0.1) is 0 Å². The van der Waals surface area contributed by atoms with Crippen LogP contribution in [-0.4, -0.2) is 15.9 Å². The molecule has 1 unspecified atom stereocenters. The number of hydrogen-bond donors (Lipinski definition) is 1. The summed E-state index contributed by atoms with van der Waals surface area (Å²) in [6.45, 7) is 4.41. The molecule has 1 heterocycles. The van der Waals surface area contributed by atoms with Crippen LogP contribution < -0.4 is 5.73 Å². The maximum atomic E-state index is 5.99. The zero-order valence-corrected chi connectivity index (χ0v) is 10.7. The van der Waals surface area contributed by atoms with E-state index < -0.39 is 0 Å². The molecule has 1 fully saturated rings. The fraction of sp³-hybridized carbons (Fsp3) is 0.818. The summed E-state index contributed by atoms with van der Waals surface area (Å²) in [4.78, 5) is 4.34. The molecular formula is C11H19N3OS. The minimum Gasteiger partial charge on any atom is -0.338 e. The van der Waals surface area contributed by atoms with Crippen LogP contribution >= 0.6 is 11.8 Å². The quantitative estimate of drug-likeness (QED) is 0.828. The number of hydrogen-bond acceptors (Lipinski definition) is 5. The first kappa shape index (κ1) is 11.9. The standard InChI is InChI=1S/C11H19N3OS/c1-7(2)5-16-6-9-13-11(15-14-9)10(12)8-3-4-8/h7-8,10H,3-6,12H2,1-2H3. The Bertz CT molecular complexity index is 336. The van der Waals surface area contributed by atoms with Crippen molar-refractivity contribution in [3.05, 3.63) is 11.7 Å². The van der Waals surface area contributed by atoms with E-state index in [2.05, 4.69) is 24.0 Å². The summed E-state index contributed by atoms with van der Waals surface area (Å²) in [6.07, 6.45) is 2.39. The largest absolute Gasteiger partial charge is 0.338 e. The van der Waals surface area contributed by atoms with Gasteiger partial charge in [-0.2, -0.15) is 16.7 Å². The second-order valence-electron chi connectivity index (χ2n) is 4.82. The molecule has 1 aromatic heterocycles. The van der Waals surface area contributed by atoms with Crippen LogP contribution in [0.1, 0.15) is 44.4 Å². The molecular weight excluding hydrogens is 222 g/mol. The van der Waals surface area contributed by atoms with E-state index in [4.69, 9.17) is 10.3 Å². The van der Waals surface area contributed by atoms with Crippen LogP contribution in [0.4, 0.5) is 0 Å². The maximum absolute atomic E-state index is 5.99. The average Bonchev–Trinajstić information content (AvgIpc) is 2.97. The first-order chi connectivity index (χ1) is 7.66. The molecule has 1 saturated carbocycles. The SMILES string of the molecule is CC(C)CSCc1noc(C(N)C2CC2)n1. The van der Waals surface area contributed by atoms with Crippen LogP contribution in [-0.2, 0) is 5.75 Å². The van der Waals surface area contributed by atoms with Crippen LogP contribution in [0.5, 0.6) is 0 Å². The number of nitrogens with two attached hydrogens (primary N) is 1. The minimum atomic E-state index is -0.0450. The van der Waals surface area contributed by atoms with Crippen LogP contribution in [0.3, 0.4) is 0 Å². The molecule has 1 aliphatic carbocycles. The molecule has 1 atom stereocenters. The topological polar surface area (TPSA) is 64.9 Å². The molecule has 0 spiro atoms. The Morgan fingerprint density at radius 3 is 2.88 bits per heavy atom. The van der Waals surface area contributed by atoms with Gasteiger partial charge in [0.15, 0.2) is 5.82 Å². The fourth-order valence-corrected chi connectivity index (χ4v) is 2.39. The lowest BCUT2D eigenvalue weighted by Crippen LogP contribution is -2.12. The van der Waals surface area contributed by atoms with Crippen molar-refractivity contribution in [3.8, 4) is 0 Å². The number of aromatic nitrogens is 2. The molecule has 16 heavy (non-hydrogen) atoms. The van der Waals surface area contributed by atoms with Gasteiger partial charge < -0.3 is 10.3 Å². The lowest BCUT2D eigenvalue weighted by atomic mass is 10.2. The van der Waals surface area contributed by atoms with Crippen LogP contribution in [0.2, 0.25) is 0 Å². The number of rotatable bonds is 6. The van der Waals surface area contributed by atoms with Crippen molar-refractivity contribution in [2.24, 2.45) is 17.6 Å². The molecule has 0 radical (unpaired) electrons. The minimum absolute atomic E-state index is 0.0450. The van der Waals surface area contributed by atoms with Crippen LogP contribution in [0.15, 0.2) is 4.52 Å². The molecule has 0 bridgehead atoms. The molecule has 2 rings (SSSR count). The smallest absolute Gasteiger partial charge is 0.243 e. The summed E-state index contributed by atoms with van der Waals surface area (Å²) < 4.78 is 5.19. The third-order valence-electron chi connectivity index (χ3n) is 2.58. The maximum Gasteiger partial charge on any atom is 0.243 e. The van der Waals surface area contributed by atoms with Crippen molar-refractivity contribution in [1.82, 2.24) is 10.1 Å². The third-order valence-corrected chi connectivity index (χ3v) is 3.95. The monoisotopic (exact) mass is 241 g/mol. The molecule has 90 valence electrons. The second kappa shape index (κ2) is 5.19. The lowest BCUT2D eigenvalue weighted by molar-refractivity contribution is 0.341. The summed E-state index contributed by atoms with van der Waals surface area (Å²) in [6, 6.07) is -0.0450. The van der Waals surface area contributed by atoms with Crippen molar-refractivity contribution in [3.63, 3.8) is 0 Å². The highest BCUT2D eigenvalue weighted by atomic mass is 32.2.